The van der Waals surface area contributed by atoms with Gasteiger partial charge in [0.2, 0.25) is 0 Å². The van der Waals surface area contributed by atoms with E-state index in [1.54, 1.807) is 6.92 Å². The molecular formula is C16H20N4O6. The number of hydrogen-bond acceptors (Lipinski definition) is 7. The highest BCUT2D eigenvalue weighted by molar-refractivity contribution is 5.95. The van der Waals surface area contributed by atoms with Crippen LogP contribution in [0.2, 0.25) is 0 Å². The number of amides is 3. The first-order chi connectivity index (χ1) is 12.5. The number of carbonyl (C=O) groups is 4. The molecule has 1 aliphatic heterocycles. The van der Waals surface area contributed by atoms with E-state index in [1.165, 1.54) is 35.5 Å². The predicted molar refractivity (Wildman–Crippen MR) is 88.0 cm³/mol. The third kappa shape index (κ3) is 4.47. The summed E-state index contributed by atoms with van der Waals surface area (Å²) in [6, 6.07) is 2.24. The monoisotopic (exact) mass is 364 g/mol. The second kappa shape index (κ2) is 8.79. The van der Waals surface area contributed by atoms with Crippen LogP contribution in [0.4, 0.5) is 4.79 Å². The van der Waals surface area contributed by atoms with Crippen molar-refractivity contribution >= 4 is 23.9 Å². The number of methoxy groups -OCH3 is 1. The molecule has 140 valence electrons. The van der Waals surface area contributed by atoms with Gasteiger partial charge in [0, 0.05) is 19.3 Å². The van der Waals surface area contributed by atoms with Gasteiger partial charge in [0.05, 0.1) is 19.3 Å². The highest BCUT2D eigenvalue weighted by atomic mass is 16.5. The maximum atomic E-state index is 12.6. The molecule has 1 aliphatic rings. The molecule has 0 spiro atoms. The van der Waals surface area contributed by atoms with Crippen LogP contribution in [0.1, 0.15) is 34.2 Å². The summed E-state index contributed by atoms with van der Waals surface area (Å²) in [6.07, 6.45) is 1.83. The second-order valence-corrected chi connectivity index (χ2v) is 5.29. The first kappa shape index (κ1) is 19.2. The molecule has 26 heavy (non-hydrogen) atoms. The summed E-state index contributed by atoms with van der Waals surface area (Å²) >= 11 is 0. The number of carbonyl (C=O) groups excluding carboxylic acids is 4. The van der Waals surface area contributed by atoms with Crippen LogP contribution in [0.5, 0.6) is 0 Å². The van der Waals surface area contributed by atoms with E-state index in [4.69, 9.17) is 4.74 Å². The van der Waals surface area contributed by atoms with Crippen LogP contribution in [-0.2, 0) is 14.3 Å². The Morgan fingerprint density at radius 3 is 2.54 bits per heavy atom. The number of rotatable bonds is 5. The number of pyridine rings is 1. The molecule has 1 aromatic heterocycles. The summed E-state index contributed by atoms with van der Waals surface area (Å²) in [4.78, 5) is 51.5. The fourth-order valence-corrected chi connectivity index (χ4v) is 2.38. The van der Waals surface area contributed by atoms with Crippen molar-refractivity contribution < 1.29 is 28.7 Å². The third-order valence-electron chi connectivity index (χ3n) is 3.59. The molecule has 0 unspecified atom stereocenters. The van der Waals surface area contributed by atoms with E-state index < -0.39 is 23.9 Å². The van der Waals surface area contributed by atoms with Gasteiger partial charge in [-0.2, -0.15) is 0 Å². The zero-order valence-corrected chi connectivity index (χ0v) is 14.6. The van der Waals surface area contributed by atoms with Crippen LogP contribution < -0.4 is 5.32 Å². The third-order valence-corrected chi connectivity index (χ3v) is 3.59. The fraction of sp³-hybridized carbons (Fsp3) is 0.438. The molecule has 0 bridgehead atoms. The van der Waals surface area contributed by atoms with Crippen molar-refractivity contribution in [3.63, 3.8) is 0 Å². The molecule has 10 heteroatoms. The zero-order chi connectivity index (χ0) is 19.1. The van der Waals surface area contributed by atoms with Crippen LogP contribution >= 0.6 is 0 Å². The molecule has 1 aromatic rings. The number of esters is 2. The molecule has 0 atom stereocenters. The molecule has 10 nitrogen and oxygen atoms in total. The van der Waals surface area contributed by atoms with Gasteiger partial charge in [0.15, 0.2) is 0 Å². The Morgan fingerprint density at radius 1 is 1.19 bits per heavy atom. The molecule has 0 aromatic carbocycles. The Balaban J connectivity index is 2.02. The topological polar surface area (TPSA) is 118 Å². The van der Waals surface area contributed by atoms with Gasteiger partial charge in [-0.05, 0) is 25.5 Å². The molecule has 1 fully saturated rings. The predicted octanol–water partition coefficient (Wildman–Crippen LogP) is 0.204. The number of nitrogens with one attached hydrogen (secondary N) is 1. The molecule has 0 radical (unpaired) electrons. The maximum Gasteiger partial charge on any atom is 0.339 e. The van der Waals surface area contributed by atoms with Gasteiger partial charge >= 0.3 is 18.0 Å². The van der Waals surface area contributed by atoms with Crippen molar-refractivity contribution in [1.29, 1.82) is 0 Å². The summed E-state index contributed by atoms with van der Waals surface area (Å²) in [6.45, 7) is 2.28. The van der Waals surface area contributed by atoms with Crippen LogP contribution in [-0.4, -0.2) is 72.2 Å². The maximum absolute atomic E-state index is 12.6. The SMILES string of the molecule is CCOC(=O)CNC(=O)N1CCCN1C(=O)c1ccc(C(=O)OC)cn1. The first-order valence-electron chi connectivity index (χ1n) is 8.05. The van der Waals surface area contributed by atoms with E-state index in [1.807, 2.05) is 0 Å². The van der Waals surface area contributed by atoms with Crippen molar-refractivity contribution in [1.82, 2.24) is 20.3 Å². The first-order valence-corrected chi connectivity index (χ1v) is 8.05. The lowest BCUT2D eigenvalue weighted by atomic mass is 10.2. The molecule has 2 heterocycles. The Morgan fingerprint density at radius 2 is 1.92 bits per heavy atom. The Labute approximate surface area is 150 Å². The van der Waals surface area contributed by atoms with Crippen LogP contribution in [0.3, 0.4) is 0 Å². The van der Waals surface area contributed by atoms with Gasteiger partial charge in [-0.15, -0.1) is 0 Å². The highest BCUT2D eigenvalue weighted by Gasteiger charge is 2.32. The van der Waals surface area contributed by atoms with Gasteiger partial charge < -0.3 is 14.8 Å². The lowest BCUT2D eigenvalue weighted by Gasteiger charge is -2.27. The summed E-state index contributed by atoms with van der Waals surface area (Å²) in [5.41, 5.74) is 0.303. The minimum atomic E-state index is -0.574. The van der Waals surface area contributed by atoms with Gasteiger partial charge in [-0.3, -0.25) is 14.6 Å². The average Bonchev–Trinajstić information content (AvgIpc) is 3.15. The minimum absolute atomic E-state index is 0.0859. The van der Waals surface area contributed by atoms with Gasteiger partial charge in [0.25, 0.3) is 5.91 Å². The highest BCUT2D eigenvalue weighted by Crippen LogP contribution is 2.14. The standard InChI is InChI=1S/C16H20N4O6/c1-3-26-13(21)10-18-16(24)20-8-4-7-19(20)14(22)12-6-5-11(9-17-12)15(23)25-2/h5-6,9H,3-4,7-8,10H2,1-2H3,(H,18,24). The number of hydrazine groups is 1. The fourth-order valence-electron chi connectivity index (χ4n) is 2.38. The van der Waals surface area contributed by atoms with Crippen LogP contribution in [0.15, 0.2) is 18.3 Å². The summed E-state index contributed by atoms with van der Waals surface area (Å²) in [7, 11) is 1.25. The molecule has 3 amide bonds. The lowest BCUT2D eigenvalue weighted by molar-refractivity contribution is -0.141. The summed E-state index contributed by atoms with van der Waals surface area (Å²) in [5, 5.41) is 4.88. The van der Waals surface area contributed by atoms with Crippen molar-refractivity contribution in [2.75, 3.05) is 33.4 Å². The zero-order valence-electron chi connectivity index (χ0n) is 14.6. The Kier molecular flexibility index (Phi) is 6.48. The van der Waals surface area contributed by atoms with Gasteiger partial charge in [-0.1, -0.05) is 0 Å². The number of nitrogens with zero attached hydrogens (tertiary/aromatic N) is 3. The van der Waals surface area contributed by atoms with Crippen LogP contribution in [0.25, 0.3) is 0 Å². The molecule has 0 saturated carbocycles. The van der Waals surface area contributed by atoms with Crippen molar-refractivity contribution in [2.24, 2.45) is 0 Å². The molecule has 1 N–H and O–H groups in total. The van der Waals surface area contributed by atoms with Crippen molar-refractivity contribution in [2.45, 2.75) is 13.3 Å². The van der Waals surface area contributed by atoms with Gasteiger partial charge in [-0.25, -0.2) is 19.6 Å². The largest absolute Gasteiger partial charge is 0.465 e. The van der Waals surface area contributed by atoms with Crippen molar-refractivity contribution in [3.8, 4) is 0 Å². The molecule has 1 saturated heterocycles. The number of ether oxygens (including phenoxy) is 2. The second-order valence-electron chi connectivity index (χ2n) is 5.29. The normalized spacial score (nSPS) is 13.3. The number of urea groups is 1. The molecule has 0 aliphatic carbocycles. The van der Waals surface area contributed by atoms with E-state index in [9.17, 15) is 19.2 Å². The Bertz CT molecular complexity index is 690. The van der Waals surface area contributed by atoms with E-state index in [0.717, 1.165) is 0 Å². The Hall–Kier alpha value is -3.17. The van der Waals surface area contributed by atoms with E-state index in [-0.39, 0.29) is 24.4 Å². The molecular weight excluding hydrogens is 344 g/mol. The number of aromatic nitrogens is 1. The lowest BCUT2D eigenvalue weighted by Crippen LogP contribution is -2.50. The summed E-state index contributed by atoms with van der Waals surface area (Å²) in [5.74, 6) is -1.60. The minimum Gasteiger partial charge on any atom is -0.465 e. The summed E-state index contributed by atoms with van der Waals surface area (Å²) < 4.78 is 9.31. The van der Waals surface area contributed by atoms with Crippen LogP contribution in [0, 0.1) is 0 Å². The van der Waals surface area contributed by atoms with Gasteiger partial charge in [0.1, 0.15) is 12.2 Å². The quantitative estimate of drug-likeness (QED) is 0.742. The average molecular weight is 364 g/mol. The smallest absolute Gasteiger partial charge is 0.339 e. The molecule has 2 rings (SSSR count). The van der Waals surface area contributed by atoms with E-state index in [2.05, 4.69) is 15.0 Å². The number of hydrogen-bond donors (Lipinski definition) is 1. The van der Waals surface area contributed by atoms with E-state index >= 15 is 0 Å². The van der Waals surface area contributed by atoms with E-state index in [0.29, 0.717) is 19.5 Å². The van der Waals surface area contributed by atoms with Crippen molar-refractivity contribution in [3.05, 3.63) is 29.6 Å².